The van der Waals surface area contributed by atoms with Crippen molar-refractivity contribution in [2.24, 2.45) is 0 Å². The van der Waals surface area contributed by atoms with Crippen molar-refractivity contribution in [3.63, 3.8) is 0 Å². The minimum Gasteiger partial charge on any atom is -0.439 e. The van der Waals surface area contributed by atoms with Crippen LogP contribution >= 0.6 is 0 Å². The van der Waals surface area contributed by atoms with E-state index in [9.17, 15) is 0 Å². The van der Waals surface area contributed by atoms with E-state index < -0.39 is 0 Å². The Hall–Kier alpha value is -5.74. The number of furan rings is 1. The van der Waals surface area contributed by atoms with Gasteiger partial charge in [-0.25, -0.2) is 9.97 Å². The summed E-state index contributed by atoms with van der Waals surface area (Å²) in [5, 5.41) is 6.99. The third kappa shape index (κ3) is 3.31. The van der Waals surface area contributed by atoms with Crippen molar-refractivity contribution in [3.05, 3.63) is 139 Å². The van der Waals surface area contributed by atoms with E-state index in [2.05, 4.69) is 134 Å². The van der Waals surface area contributed by atoms with Crippen molar-refractivity contribution in [1.82, 2.24) is 14.5 Å². The largest absolute Gasteiger partial charge is 0.439 e. The Morgan fingerprint density at radius 1 is 0.600 bits per heavy atom. The molecular formula is C41H27N3O. The highest BCUT2D eigenvalue weighted by Crippen LogP contribution is 2.50. The van der Waals surface area contributed by atoms with Crippen LogP contribution in [0.3, 0.4) is 0 Å². The molecule has 0 atom stereocenters. The minimum absolute atomic E-state index is 0.240. The Labute approximate surface area is 259 Å². The predicted molar refractivity (Wildman–Crippen MR) is 184 cm³/mol. The van der Waals surface area contributed by atoms with Crippen LogP contribution in [0.25, 0.3) is 83.0 Å². The number of rotatable bonds is 2. The lowest BCUT2D eigenvalue weighted by atomic mass is 9.74. The van der Waals surface area contributed by atoms with Gasteiger partial charge in [-0.15, -0.1) is 0 Å². The van der Waals surface area contributed by atoms with E-state index in [1.54, 1.807) is 0 Å². The third-order valence-electron chi connectivity index (χ3n) is 9.78. The molecule has 4 nitrogen and oxygen atoms in total. The number of para-hydroxylation sites is 3. The molecule has 0 spiro atoms. The summed E-state index contributed by atoms with van der Waals surface area (Å²) in [5.74, 6) is 0.730. The van der Waals surface area contributed by atoms with Crippen molar-refractivity contribution >= 4 is 54.6 Å². The van der Waals surface area contributed by atoms with Crippen LogP contribution in [0, 0.1) is 0 Å². The van der Waals surface area contributed by atoms with Crippen LogP contribution in [0.5, 0.6) is 0 Å². The highest BCUT2D eigenvalue weighted by atomic mass is 16.3. The lowest BCUT2D eigenvalue weighted by Gasteiger charge is -2.34. The first-order valence-electron chi connectivity index (χ1n) is 15.4. The Kier molecular flexibility index (Phi) is 4.76. The van der Waals surface area contributed by atoms with Crippen LogP contribution in [0.2, 0.25) is 0 Å². The van der Waals surface area contributed by atoms with E-state index in [4.69, 9.17) is 14.4 Å². The van der Waals surface area contributed by atoms with E-state index >= 15 is 0 Å². The molecule has 1 aliphatic rings. The van der Waals surface area contributed by atoms with Crippen molar-refractivity contribution in [2.45, 2.75) is 19.3 Å². The Morgan fingerprint density at radius 3 is 2.27 bits per heavy atom. The molecule has 0 unspecified atom stereocenters. The number of hydrogen-bond acceptors (Lipinski definition) is 3. The molecule has 0 amide bonds. The molecule has 0 saturated heterocycles. The van der Waals surface area contributed by atoms with Gasteiger partial charge >= 0.3 is 0 Å². The summed E-state index contributed by atoms with van der Waals surface area (Å²) in [6, 6.07) is 45.0. The molecule has 45 heavy (non-hydrogen) atoms. The normalized spacial score (nSPS) is 13.7. The predicted octanol–water partition coefficient (Wildman–Crippen LogP) is 10.6. The quantitative estimate of drug-likeness (QED) is 0.205. The van der Waals surface area contributed by atoms with Gasteiger partial charge in [-0.2, -0.15) is 0 Å². The zero-order valence-corrected chi connectivity index (χ0v) is 24.9. The highest BCUT2D eigenvalue weighted by Gasteiger charge is 2.36. The maximum Gasteiger partial charge on any atom is 0.213 e. The Balaban J connectivity index is 1.23. The second-order valence-electron chi connectivity index (χ2n) is 12.6. The molecule has 4 heteroatoms. The summed E-state index contributed by atoms with van der Waals surface area (Å²) >= 11 is 0. The molecule has 9 aromatic rings. The van der Waals surface area contributed by atoms with Crippen LogP contribution in [0.4, 0.5) is 0 Å². The van der Waals surface area contributed by atoms with Gasteiger partial charge in [0, 0.05) is 32.7 Å². The summed E-state index contributed by atoms with van der Waals surface area (Å²) < 4.78 is 8.92. The molecule has 0 radical (unpaired) electrons. The summed E-state index contributed by atoms with van der Waals surface area (Å²) in [6.45, 7) is 4.67. The van der Waals surface area contributed by atoms with Crippen molar-refractivity contribution in [3.8, 4) is 28.3 Å². The van der Waals surface area contributed by atoms with E-state index in [0.29, 0.717) is 0 Å². The van der Waals surface area contributed by atoms with E-state index in [0.717, 1.165) is 55.9 Å². The number of fused-ring (bicyclic) bond motifs is 9. The van der Waals surface area contributed by atoms with Gasteiger partial charge in [-0.05, 0) is 52.2 Å². The van der Waals surface area contributed by atoms with E-state index in [1.165, 1.54) is 38.2 Å². The maximum absolute atomic E-state index is 6.58. The van der Waals surface area contributed by atoms with Crippen molar-refractivity contribution in [2.75, 3.05) is 0 Å². The van der Waals surface area contributed by atoms with Crippen molar-refractivity contribution in [1.29, 1.82) is 0 Å². The van der Waals surface area contributed by atoms with Gasteiger partial charge in [0.1, 0.15) is 5.58 Å². The Morgan fingerprint density at radius 2 is 1.36 bits per heavy atom. The first kappa shape index (κ1) is 24.7. The molecule has 3 aromatic heterocycles. The monoisotopic (exact) mass is 577 g/mol. The Bertz CT molecular complexity index is 2690. The maximum atomic E-state index is 6.58. The number of nitrogens with zero attached hydrogens (tertiary/aromatic N) is 3. The summed E-state index contributed by atoms with van der Waals surface area (Å²) in [7, 11) is 0. The molecule has 0 N–H and O–H groups in total. The lowest BCUT2D eigenvalue weighted by Crippen LogP contribution is -2.26. The molecule has 212 valence electrons. The second kappa shape index (κ2) is 8.67. The van der Waals surface area contributed by atoms with Gasteiger partial charge in [-0.1, -0.05) is 111 Å². The van der Waals surface area contributed by atoms with Gasteiger partial charge in [-0.3, -0.25) is 4.57 Å². The van der Waals surface area contributed by atoms with Gasteiger partial charge in [0.05, 0.1) is 27.8 Å². The average Bonchev–Trinajstić information content (AvgIpc) is 3.62. The zero-order chi connectivity index (χ0) is 29.9. The molecule has 1 aliphatic heterocycles. The summed E-state index contributed by atoms with van der Waals surface area (Å²) in [6.07, 6.45) is 0. The summed E-state index contributed by atoms with van der Waals surface area (Å²) in [5.41, 5.74) is 10.4. The van der Waals surface area contributed by atoms with Crippen LogP contribution < -0.4 is 0 Å². The molecule has 10 rings (SSSR count). The van der Waals surface area contributed by atoms with Crippen LogP contribution in [0.1, 0.15) is 25.0 Å². The molecule has 0 aliphatic carbocycles. The number of hydrogen-bond donors (Lipinski definition) is 0. The molecule has 0 bridgehead atoms. The zero-order valence-electron chi connectivity index (χ0n) is 24.9. The molecular weight excluding hydrogens is 550 g/mol. The van der Waals surface area contributed by atoms with Crippen molar-refractivity contribution < 1.29 is 4.42 Å². The van der Waals surface area contributed by atoms with Gasteiger partial charge in [0.2, 0.25) is 5.71 Å². The van der Waals surface area contributed by atoms with E-state index in [-0.39, 0.29) is 5.41 Å². The van der Waals surface area contributed by atoms with Crippen LogP contribution in [-0.4, -0.2) is 14.5 Å². The third-order valence-corrected chi connectivity index (χ3v) is 9.78. The fraction of sp³-hybridized carbons (Fsp3) is 0.0732. The fourth-order valence-electron chi connectivity index (χ4n) is 7.55. The fourth-order valence-corrected chi connectivity index (χ4v) is 7.55. The highest BCUT2D eigenvalue weighted by molar-refractivity contribution is 6.21. The first-order valence-corrected chi connectivity index (χ1v) is 15.4. The van der Waals surface area contributed by atoms with Gasteiger partial charge in [0.15, 0.2) is 5.82 Å². The smallest absolute Gasteiger partial charge is 0.213 e. The molecule has 4 heterocycles. The van der Waals surface area contributed by atoms with Gasteiger partial charge in [0.25, 0.3) is 0 Å². The molecule has 6 aromatic carbocycles. The first-order chi connectivity index (χ1) is 22.1. The van der Waals surface area contributed by atoms with E-state index in [1.807, 2.05) is 12.1 Å². The topological polar surface area (TPSA) is 43.9 Å². The molecule has 0 fully saturated rings. The SMILES string of the molecule is CC1(C)c2cc(-c3nc(-c4ccc5ccccc5c4)nc4ccccc34)ccc2-n2c3oc4ccccc4c3c3cccc1c32. The lowest BCUT2D eigenvalue weighted by molar-refractivity contribution is 0.612. The summed E-state index contributed by atoms with van der Waals surface area (Å²) in [4.78, 5) is 10.3. The van der Waals surface area contributed by atoms with Crippen LogP contribution in [0.15, 0.2) is 132 Å². The minimum atomic E-state index is -0.240. The standard InChI is InChI=1S/C41H27N3O/c1-41(2)31-15-9-14-30-36-29-13-6-8-17-35(29)45-40(36)44(38(30)31)34-21-20-26(23-32(34)41)37-28-12-5-7-16-33(28)42-39(43-37)27-19-18-24-10-3-4-11-25(24)22-27/h3-23H,1-2H3. The molecule has 0 saturated carbocycles. The van der Waals surface area contributed by atoms with Crippen LogP contribution in [-0.2, 0) is 5.41 Å². The van der Waals surface area contributed by atoms with Gasteiger partial charge < -0.3 is 4.42 Å². The second-order valence-corrected chi connectivity index (χ2v) is 12.6. The number of benzene rings is 6. The number of aromatic nitrogens is 3. The average molecular weight is 578 g/mol.